The van der Waals surface area contributed by atoms with Crippen molar-refractivity contribution in [2.24, 2.45) is 0 Å². The van der Waals surface area contributed by atoms with E-state index in [1.54, 1.807) is 12.1 Å². The summed E-state index contributed by atoms with van der Waals surface area (Å²) in [6, 6.07) is 9.09. The minimum atomic E-state index is -0.400. The summed E-state index contributed by atoms with van der Waals surface area (Å²) in [6.07, 6.45) is 0.863. The highest BCUT2D eigenvalue weighted by Gasteiger charge is 2.16. The second kappa shape index (κ2) is 5.33. The van der Waals surface area contributed by atoms with Gasteiger partial charge in [-0.1, -0.05) is 19.1 Å². The molecule has 0 aliphatic carbocycles. The van der Waals surface area contributed by atoms with Gasteiger partial charge < -0.3 is 9.73 Å². The molecule has 1 aromatic carbocycles. The lowest BCUT2D eigenvalue weighted by Crippen LogP contribution is -2.31. The van der Waals surface area contributed by atoms with E-state index >= 15 is 0 Å². The van der Waals surface area contributed by atoms with Crippen molar-refractivity contribution in [2.75, 3.05) is 0 Å². The maximum Gasteiger partial charge on any atom is 0.345 e. The first-order valence-corrected chi connectivity index (χ1v) is 7.68. The van der Waals surface area contributed by atoms with Gasteiger partial charge >= 0.3 is 5.63 Å². The van der Waals surface area contributed by atoms with Crippen molar-refractivity contribution in [3.8, 4) is 0 Å². The summed E-state index contributed by atoms with van der Waals surface area (Å²) in [5.74, 6) is -0.144. The molecule has 108 valence electrons. The van der Waals surface area contributed by atoms with E-state index in [0.717, 1.165) is 16.5 Å². The molecular weight excluding hydrogens is 286 g/mol. The minimum Gasteiger partial charge on any atom is -0.422 e. The van der Waals surface area contributed by atoms with Crippen LogP contribution >= 0.6 is 11.3 Å². The number of hydrogen-bond donors (Lipinski definition) is 1. The van der Waals surface area contributed by atoms with Crippen LogP contribution in [0.5, 0.6) is 0 Å². The molecule has 5 heteroatoms. The third-order valence-corrected chi connectivity index (χ3v) is 4.67. The zero-order valence-electron chi connectivity index (χ0n) is 11.8. The van der Waals surface area contributed by atoms with Crippen LogP contribution in [-0.4, -0.2) is 11.9 Å². The van der Waals surface area contributed by atoms with Gasteiger partial charge in [0.05, 0.1) is 15.0 Å². The SMILES string of the molecule is CCC(C)NC(=O)c1cc2c(=O)oc3ccccc3c2s1. The first-order chi connectivity index (χ1) is 10.1. The van der Waals surface area contributed by atoms with Crippen LogP contribution in [0.2, 0.25) is 0 Å². The lowest BCUT2D eigenvalue weighted by molar-refractivity contribution is 0.0943. The van der Waals surface area contributed by atoms with Crippen molar-refractivity contribution >= 4 is 38.3 Å². The van der Waals surface area contributed by atoms with Crippen molar-refractivity contribution in [1.29, 1.82) is 0 Å². The van der Waals surface area contributed by atoms with Gasteiger partial charge in [0.25, 0.3) is 5.91 Å². The molecule has 0 aliphatic rings. The van der Waals surface area contributed by atoms with E-state index in [4.69, 9.17) is 4.42 Å². The Labute approximate surface area is 125 Å². The minimum absolute atomic E-state index is 0.107. The largest absolute Gasteiger partial charge is 0.422 e. The second-order valence-corrected chi connectivity index (χ2v) is 6.07. The summed E-state index contributed by atoms with van der Waals surface area (Å²) in [5.41, 5.74) is 0.147. The highest BCUT2D eigenvalue weighted by molar-refractivity contribution is 7.21. The Hall–Kier alpha value is -2.14. The van der Waals surface area contributed by atoms with E-state index in [1.807, 2.05) is 32.0 Å². The Morgan fingerprint density at radius 2 is 2.10 bits per heavy atom. The zero-order valence-corrected chi connectivity index (χ0v) is 12.6. The van der Waals surface area contributed by atoms with Gasteiger partial charge in [0.2, 0.25) is 0 Å². The molecule has 1 N–H and O–H groups in total. The number of fused-ring (bicyclic) bond motifs is 3. The van der Waals surface area contributed by atoms with Crippen LogP contribution in [0.25, 0.3) is 21.1 Å². The highest BCUT2D eigenvalue weighted by Crippen LogP contribution is 2.30. The summed E-state index contributed by atoms with van der Waals surface area (Å²) in [7, 11) is 0. The number of thiophene rings is 1. The normalized spacial score (nSPS) is 12.7. The molecule has 3 aromatic rings. The van der Waals surface area contributed by atoms with Gasteiger partial charge in [-0.15, -0.1) is 11.3 Å². The van der Waals surface area contributed by atoms with E-state index in [-0.39, 0.29) is 11.9 Å². The number of para-hydroxylation sites is 1. The van der Waals surface area contributed by atoms with Crippen molar-refractivity contribution in [2.45, 2.75) is 26.3 Å². The monoisotopic (exact) mass is 301 g/mol. The van der Waals surface area contributed by atoms with Gasteiger partial charge in [-0.2, -0.15) is 0 Å². The van der Waals surface area contributed by atoms with Crippen LogP contribution in [0, 0.1) is 0 Å². The Bertz CT molecular complexity index is 878. The fourth-order valence-electron chi connectivity index (χ4n) is 2.15. The molecule has 0 bridgehead atoms. The quantitative estimate of drug-likeness (QED) is 0.753. The average Bonchev–Trinajstić information content (AvgIpc) is 2.93. The standard InChI is InChI=1S/C16H15NO3S/c1-3-9(2)17-15(18)13-8-11-14(21-13)10-6-4-5-7-12(10)20-16(11)19/h4-9H,3H2,1-2H3,(H,17,18). The molecule has 0 radical (unpaired) electrons. The smallest absolute Gasteiger partial charge is 0.345 e. The first kappa shape index (κ1) is 13.8. The number of nitrogens with one attached hydrogen (secondary N) is 1. The van der Waals surface area contributed by atoms with E-state index in [1.165, 1.54) is 11.3 Å². The molecule has 2 heterocycles. The van der Waals surface area contributed by atoms with Crippen molar-refractivity contribution in [1.82, 2.24) is 5.32 Å². The van der Waals surface area contributed by atoms with Crippen LogP contribution in [0.15, 0.2) is 39.5 Å². The zero-order chi connectivity index (χ0) is 15.0. The van der Waals surface area contributed by atoms with Crippen molar-refractivity contribution in [3.05, 3.63) is 45.6 Å². The topological polar surface area (TPSA) is 59.3 Å². The predicted molar refractivity (Wildman–Crippen MR) is 85.1 cm³/mol. The molecule has 0 spiro atoms. The van der Waals surface area contributed by atoms with Gasteiger partial charge in [0.1, 0.15) is 5.58 Å². The van der Waals surface area contributed by atoms with E-state index in [9.17, 15) is 9.59 Å². The number of benzene rings is 1. The fraction of sp³-hybridized carbons (Fsp3) is 0.250. The summed E-state index contributed by atoms with van der Waals surface area (Å²) in [6.45, 7) is 3.97. The second-order valence-electron chi connectivity index (χ2n) is 5.02. The Kier molecular flexibility index (Phi) is 3.51. The van der Waals surface area contributed by atoms with Gasteiger partial charge in [-0.25, -0.2) is 4.79 Å². The molecule has 21 heavy (non-hydrogen) atoms. The summed E-state index contributed by atoms with van der Waals surface area (Å²) in [5, 5.41) is 4.24. The lowest BCUT2D eigenvalue weighted by atomic mass is 10.2. The van der Waals surface area contributed by atoms with E-state index in [0.29, 0.717) is 15.8 Å². The summed E-state index contributed by atoms with van der Waals surface area (Å²) in [4.78, 5) is 24.7. The molecule has 3 rings (SSSR count). The number of amides is 1. The van der Waals surface area contributed by atoms with E-state index in [2.05, 4.69) is 5.32 Å². The maximum absolute atomic E-state index is 12.2. The summed E-state index contributed by atoms with van der Waals surface area (Å²) < 4.78 is 6.09. The van der Waals surface area contributed by atoms with E-state index < -0.39 is 5.63 Å². The summed E-state index contributed by atoms with van der Waals surface area (Å²) >= 11 is 1.33. The molecule has 1 unspecified atom stereocenters. The third-order valence-electron chi connectivity index (χ3n) is 3.50. The Balaban J connectivity index is 2.15. The molecule has 1 atom stereocenters. The van der Waals surface area contributed by atoms with Gasteiger partial charge in [-0.05, 0) is 31.5 Å². The van der Waals surface area contributed by atoms with Crippen molar-refractivity contribution < 1.29 is 9.21 Å². The molecular formula is C16H15NO3S. The number of carbonyl (C=O) groups is 1. The number of rotatable bonds is 3. The van der Waals surface area contributed by atoms with Crippen molar-refractivity contribution in [3.63, 3.8) is 0 Å². The van der Waals surface area contributed by atoms with Gasteiger partial charge in [0, 0.05) is 11.4 Å². The molecule has 0 saturated heterocycles. The van der Waals surface area contributed by atoms with Crippen LogP contribution < -0.4 is 10.9 Å². The van der Waals surface area contributed by atoms with Gasteiger partial charge in [0.15, 0.2) is 0 Å². The molecule has 0 fully saturated rings. The molecule has 4 nitrogen and oxygen atoms in total. The molecule has 1 amide bonds. The molecule has 0 aliphatic heterocycles. The van der Waals surface area contributed by atoms with Crippen LogP contribution in [-0.2, 0) is 0 Å². The Morgan fingerprint density at radius 1 is 1.33 bits per heavy atom. The van der Waals surface area contributed by atoms with Gasteiger partial charge in [-0.3, -0.25) is 4.79 Å². The molecule has 0 saturated carbocycles. The first-order valence-electron chi connectivity index (χ1n) is 6.86. The number of hydrogen-bond acceptors (Lipinski definition) is 4. The maximum atomic E-state index is 12.2. The third kappa shape index (κ3) is 2.45. The van der Waals surface area contributed by atoms with Crippen LogP contribution in [0.1, 0.15) is 29.9 Å². The predicted octanol–water partition coefficient (Wildman–Crippen LogP) is 3.54. The average molecular weight is 301 g/mol. The number of carbonyl (C=O) groups excluding carboxylic acids is 1. The lowest BCUT2D eigenvalue weighted by Gasteiger charge is -2.09. The molecule has 2 aromatic heterocycles. The fourth-order valence-corrected chi connectivity index (χ4v) is 3.23. The van der Waals surface area contributed by atoms with Crippen LogP contribution in [0.4, 0.5) is 0 Å². The highest BCUT2D eigenvalue weighted by atomic mass is 32.1. The Morgan fingerprint density at radius 3 is 2.86 bits per heavy atom. The van der Waals surface area contributed by atoms with Crippen LogP contribution in [0.3, 0.4) is 0 Å².